The van der Waals surface area contributed by atoms with E-state index in [0.717, 1.165) is 11.3 Å². The highest BCUT2D eigenvalue weighted by Gasteiger charge is 2.14. The van der Waals surface area contributed by atoms with Gasteiger partial charge in [0.15, 0.2) is 11.5 Å². The number of nitrogens with one attached hydrogen (secondary N) is 2. The van der Waals surface area contributed by atoms with Gasteiger partial charge in [-0.15, -0.1) is 6.58 Å². The highest BCUT2D eigenvalue weighted by atomic mass is 16.7. The lowest BCUT2D eigenvalue weighted by molar-refractivity contribution is 0.0945. The van der Waals surface area contributed by atoms with Gasteiger partial charge >= 0.3 is 0 Å². The van der Waals surface area contributed by atoms with Crippen LogP contribution in [0.1, 0.15) is 21.9 Å². The van der Waals surface area contributed by atoms with Crippen LogP contribution in [0.5, 0.6) is 11.5 Å². The van der Waals surface area contributed by atoms with E-state index in [-0.39, 0.29) is 12.7 Å². The second-order valence-electron chi connectivity index (χ2n) is 5.23. The third kappa shape index (κ3) is 3.62. The van der Waals surface area contributed by atoms with Gasteiger partial charge in [0.1, 0.15) is 17.3 Å². The fourth-order valence-corrected chi connectivity index (χ4v) is 2.28. The zero-order valence-corrected chi connectivity index (χ0v) is 13.3. The number of carbonyl (C=O) groups excluding carboxylic acids is 1. The molecule has 0 aliphatic carbocycles. The summed E-state index contributed by atoms with van der Waals surface area (Å²) >= 11 is 0. The monoisotopic (exact) mass is 326 g/mol. The number of fused-ring (bicyclic) bond motifs is 1. The van der Waals surface area contributed by atoms with Crippen LogP contribution >= 0.6 is 0 Å². The lowest BCUT2D eigenvalue weighted by atomic mass is 10.2. The first kappa shape index (κ1) is 15.8. The van der Waals surface area contributed by atoms with E-state index in [0.29, 0.717) is 36.2 Å². The SMILES string of the molecule is C=CCNc1cc(C(=O)NCc2ccc3c(c2)OCO3)nc(C)n1. The van der Waals surface area contributed by atoms with Crippen molar-refractivity contribution in [3.8, 4) is 11.5 Å². The van der Waals surface area contributed by atoms with E-state index in [9.17, 15) is 4.79 Å². The smallest absolute Gasteiger partial charge is 0.270 e. The maximum Gasteiger partial charge on any atom is 0.270 e. The summed E-state index contributed by atoms with van der Waals surface area (Å²) in [5, 5.41) is 5.90. The first-order valence-electron chi connectivity index (χ1n) is 7.53. The van der Waals surface area contributed by atoms with Crippen molar-refractivity contribution in [2.24, 2.45) is 0 Å². The van der Waals surface area contributed by atoms with Crippen LogP contribution in [0.15, 0.2) is 36.9 Å². The van der Waals surface area contributed by atoms with Crippen molar-refractivity contribution in [2.45, 2.75) is 13.5 Å². The minimum absolute atomic E-state index is 0.228. The van der Waals surface area contributed by atoms with Gasteiger partial charge in [0.2, 0.25) is 6.79 Å². The number of aryl methyl sites for hydroxylation is 1. The molecular weight excluding hydrogens is 308 g/mol. The normalized spacial score (nSPS) is 11.9. The van der Waals surface area contributed by atoms with Crippen LogP contribution in [0.25, 0.3) is 0 Å². The first-order valence-corrected chi connectivity index (χ1v) is 7.53. The summed E-state index contributed by atoms with van der Waals surface area (Å²) in [4.78, 5) is 20.7. The predicted molar refractivity (Wildman–Crippen MR) is 89.2 cm³/mol. The summed E-state index contributed by atoms with van der Waals surface area (Å²) in [6.45, 7) is 6.54. The van der Waals surface area contributed by atoms with E-state index in [1.165, 1.54) is 0 Å². The summed E-state index contributed by atoms with van der Waals surface area (Å²) in [5.41, 5.74) is 1.23. The molecule has 2 heterocycles. The Hall–Kier alpha value is -3.09. The molecule has 24 heavy (non-hydrogen) atoms. The summed E-state index contributed by atoms with van der Waals surface area (Å²) < 4.78 is 10.6. The summed E-state index contributed by atoms with van der Waals surface area (Å²) in [7, 11) is 0. The maximum atomic E-state index is 12.3. The van der Waals surface area contributed by atoms with Crippen molar-refractivity contribution < 1.29 is 14.3 Å². The number of hydrogen-bond acceptors (Lipinski definition) is 6. The Balaban J connectivity index is 1.66. The Morgan fingerprint density at radius 2 is 2.12 bits per heavy atom. The molecule has 0 unspecified atom stereocenters. The molecule has 1 aliphatic rings. The van der Waals surface area contributed by atoms with E-state index < -0.39 is 0 Å². The number of aromatic nitrogens is 2. The molecule has 2 N–H and O–H groups in total. The molecule has 0 radical (unpaired) electrons. The van der Waals surface area contributed by atoms with Crippen LogP contribution in [0.4, 0.5) is 5.82 Å². The standard InChI is InChI=1S/C17H18N4O3/c1-3-6-18-16-8-13(20-11(2)21-16)17(22)19-9-12-4-5-14-15(7-12)24-10-23-14/h3-5,7-8H,1,6,9-10H2,2H3,(H,19,22)(H,18,20,21). The Kier molecular flexibility index (Phi) is 4.60. The maximum absolute atomic E-state index is 12.3. The molecular formula is C17H18N4O3. The van der Waals surface area contributed by atoms with Crippen molar-refractivity contribution in [3.05, 3.63) is 54.0 Å². The summed E-state index contributed by atoms with van der Waals surface area (Å²) in [6, 6.07) is 7.18. The number of nitrogens with zero attached hydrogens (tertiary/aromatic N) is 2. The fourth-order valence-electron chi connectivity index (χ4n) is 2.28. The average Bonchev–Trinajstić information content (AvgIpc) is 3.05. The zero-order valence-electron chi connectivity index (χ0n) is 13.3. The number of anilines is 1. The number of carbonyl (C=O) groups is 1. The second-order valence-corrected chi connectivity index (χ2v) is 5.23. The predicted octanol–water partition coefficient (Wildman–Crippen LogP) is 2.04. The number of amides is 1. The van der Waals surface area contributed by atoms with Crippen LogP contribution < -0.4 is 20.1 Å². The van der Waals surface area contributed by atoms with Crippen molar-refractivity contribution in [3.63, 3.8) is 0 Å². The first-order chi connectivity index (χ1) is 11.7. The molecule has 0 saturated heterocycles. The van der Waals surface area contributed by atoms with Gasteiger partial charge in [-0.05, 0) is 24.6 Å². The number of benzene rings is 1. The molecule has 0 spiro atoms. The average molecular weight is 326 g/mol. The highest BCUT2D eigenvalue weighted by Crippen LogP contribution is 2.32. The fraction of sp³-hybridized carbons (Fsp3) is 0.235. The van der Waals surface area contributed by atoms with E-state index in [1.54, 1.807) is 19.1 Å². The lowest BCUT2D eigenvalue weighted by Gasteiger charge is -2.08. The summed E-state index contributed by atoms with van der Waals surface area (Å²) in [6.07, 6.45) is 1.72. The number of rotatable bonds is 6. The Morgan fingerprint density at radius 1 is 1.29 bits per heavy atom. The lowest BCUT2D eigenvalue weighted by Crippen LogP contribution is -2.24. The third-order valence-corrected chi connectivity index (χ3v) is 3.39. The van der Waals surface area contributed by atoms with Gasteiger partial charge in [0, 0.05) is 19.2 Å². The minimum Gasteiger partial charge on any atom is -0.454 e. The molecule has 7 nitrogen and oxygen atoms in total. The molecule has 7 heteroatoms. The minimum atomic E-state index is -0.264. The van der Waals surface area contributed by atoms with Gasteiger partial charge in [-0.25, -0.2) is 9.97 Å². The van der Waals surface area contributed by atoms with Crippen LogP contribution in [-0.4, -0.2) is 29.2 Å². The topological polar surface area (TPSA) is 85.4 Å². The van der Waals surface area contributed by atoms with Crippen molar-refractivity contribution >= 4 is 11.7 Å². The molecule has 0 bridgehead atoms. The zero-order chi connectivity index (χ0) is 16.9. The molecule has 124 valence electrons. The highest BCUT2D eigenvalue weighted by molar-refractivity contribution is 5.92. The Labute approximate surface area is 139 Å². The quantitative estimate of drug-likeness (QED) is 0.790. The van der Waals surface area contributed by atoms with Crippen molar-refractivity contribution in [1.29, 1.82) is 0 Å². The van der Waals surface area contributed by atoms with Crippen molar-refractivity contribution in [1.82, 2.24) is 15.3 Å². The van der Waals surface area contributed by atoms with E-state index in [1.807, 2.05) is 18.2 Å². The molecule has 0 atom stereocenters. The number of hydrogen-bond donors (Lipinski definition) is 2. The van der Waals surface area contributed by atoms with Gasteiger partial charge in [0.25, 0.3) is 5.91 Å². The molecule has 1 aromatic carbocycles. The van der Waals surface area contributed by atoms with E-state index in [2.05, 4.69) is 27.2 Å². The molecule has 1 aliphatic heterocycles. The Bertz CT molecular complexity index is 776. The summed E-state index contributed by atoms with van der Waals surface area (Å²) in [5.74, 6) is 2.26. The molecule has 2 aromatic rings. The molecule has 1 amide bonds. The van der Waals surface area contributed by atoms with Gasteiger partial charge in [-0.2, -0.15) is 0 Å². The third-order valence-electron chi connectivity index (χ3n) is 3.39. The van der Waals surface area contributed by atoms with Gasteiger partial charge in [0.05, 0.1) is 0 Å². The molecule has 0 fully saturated rings. The van der Waals surface area contributed by atoms with Crippen LogP contribution in [-0.2, 0) is 6.54 Å². The molecule has 3 rings (SSSR count). The molecule has 1 aromatic heterocycles. The number of ether oxygens (including phenoxy) is 2. The van der Waals surface area contributed by atoms with Crippen molar-refractivity contribution in [2.75, 3.05) is 18.7 Å². The van der Waals surface area contributed by atoms with E-state index >= 15 is 0 Å². The van der Waals surface area contributed by atoms with Crippen LogP contribution in [0.3, 0.4) is 0 Å². The van der Waals surface area contributed by atoms with Crippen LogP contribution in [0, 0.1) is 6.92 Å². The molecule has 0 saturated carbocycles. The van der Waals surface area contributed by atoms with Crippen LogP contribution in [0.2, 0.25) is 0 Å². The van der Waals surface area contributed by atoms with Gasteiger partial charge in [-0.3, -0.25) is 4.79 Å². The van der Waals surface area contributed by atoms with Gasteiger partial charge < -0.3 is 20.1 Å². The van der Waals surface area contributed by atoms with E-state index in [4.69, 9.17) is 9.47 Å². The second kappa shape index (κ2) is 6.99. The Morgan fingerprint density at radius 3 is 2.96 bits per heavy atom. The largest absolute Gasteiger partial charge is 0.454 e. The van der Waals surface area contributed by atoms with Gasteiger partial charge in [-0.1, -0.05) is 12.1 Å².